The Morgan fingerprint density at radius 2 is 2.08 bits per heavy atom. The fourth-order valence-electron chi connectivity index (χ4n) is 2.65. The SMILES string of the molecule is CC(=O)Nc1cc(C)c(-c2nc(-c3cccnc3)c(C)[nH]2)cc1N. The summed E-state index contributed by atoms with van der Waals surface area (Å²) in [6.45, 7) is 5.39. The maximum Gasteiger partial charge on any atom is 0.221 e. The Bertz CT molecular complexity index is 899. The number of aryl methyl sites for hydroxylation is 2. The molecule has 0 aliphatic rings. The number of nitrogens with zero attached hydrogens (tertiary/aromatic N) is 2. The Morgan fingerprint density at radius 3 is 2.75 bits per heavy atom. The van der Waals surface area contributed by atoms with Gasteiger partial charge in [-0.15, -0.1) is 0 Å². The summed E-state index contributed by atoms with van der Waals surface area (Å²) in [6.07, 6.45) is 3.52. The van der Waals surface area contributed by atoms with Gasteiger partial charge in [0.05, 0.1) is 17.1 Å². The van der Waals surface area contributed by atoms with Gasteiger partial charge in [0, 0.05) is 36.1 Å². The number of carbonyl (C=O) groups is 1. The van der Waals surface area contributed by atoms with Crippen molar-refractivity contribution in [1.82, 2.24) is 15.0 Å². The van der Waals surface area contributed by atoms with E-state index in [1.165, 1.54) is 6.92 Å². The zero-order chi connectivity index (χ0) is 17.3. The molecule has 0 spiro atoms. The van der Waals surface area contributed by atoms with Crippen LogP contribution in [0, 0.1) is 13.8 Å². The van der Waals surface area contributed by atoms with Gasteiger partial charge in [0.2, 0.25) is 5.91 Å². The predicted molar refractivity (Wildman–Crippen MR) is 95.4 cm³/mol. The highest BCUT2D eigenvalue weighted by Crippen LogP contribution is 2.31. The number of rotatable bonds is 3. The predicted octanol–water partition coefficient (Wildman–Crippen LogP) is 3.30. The highest BCUT2D eigenvalue weighted by molar-refractivity contribution is 5.93. The molecule has 2 heterocycles. The lowest BCUT2D eigenvalue weighted by molar-refractivity contribution is -0.114. The highest BCUT2D eigenvalue weighted by Gasteiger charge is 2.14. The van der Waals surface area contributed by atoms with Gasteiger partial charge in [0.1, 0.15) is 5.82 Å². The zero-order valence-corrected chi connectivity index (χ0v) is 13.8. The van der Waals surface area contributed by atoms with Gasteiger partial charge >= 0.3 is 0 Å². The van der Waals surface area contributed by atoms with E-state index < -0.39 is 0 Å². The van der Waals surface area contributed by atoms with Gasteiger partial charge in [-0.2, -0.15) is 0 Å². The minimum Gasteiger partial charge on any atom is -0.397 e. The maximum atomic E-state index is 11.2. The molecule has 0 aliphatic heterocycles. The van der Waals surface area contributed by atoms with Gasteiger partial charge in [-0.05, 0) is 43.7 Å². The number of carbonyl (C=O) groups excluding carboxylic acids is 1. The summed E-state index contributed by atoms with van der Waals surface area (Å²) in [6, 6.07) is 7.54. The van der Waals surface area contributed by atoms with Crippen molar-refractivity contribution in [2.75, 3.05) is 11.1 Å². The van der Waals surface area contributed by atoms with Gasteiger partial charge in [0.15, 0.2) is 0 Å². The zero-order valence-electron chi connectivity index (χ0n) is 13.8. The lowest BCUT2D eigenvalue weighted by Gasteiger charge is -2.10. The van der Waals surface area contributed by atoms with E-state index in [9.17, 15) is 4.79 Å². The molecule has 24 heavy (non-hydrogen) atoms. The molecule has 4 N–H and O–H groups in total. The lowest BCUT2D eigenvalue weighted by atomic mass is 10.1. The van der Waals surface area contributed by atoms with Crippen LogP contribution in [-0.4, -0.2) is 20.9 Å². The number of hydrogen-bond acceptors (Lipinski definition) is 4. The molecule has 2 aromatic heterocycles. The molecular weight excluding hydrogens is 302 g/mol. The van der Waals surface area contributed by atoms with Crippen LogP contribution in [0.3, 0.4) is 0 Å². The van der Waals surface area contributed by atoms with E-state index in [1.54, 1.807) is 12.4 Å². The number of pyridine rings is 1. The van der Waals surface area contributed by atoms with E-state index in [4.69, 9.17) is 10.7 Å². The lowest BCUT2D eigenvalue weighted by Crippen LogP contribution is -2.08. The average molecular weight is 321 g/mol. The normalized spacial score (nSPS) is 10.6. The molecule has 6 heteroatoms. The number of nitrogen functional groups attached to an aromatic ring is 1. The number of imidazole rings is 1. The summed E-state index contributed by atoms with van der Waals surface area (Å²) in [4.78, 5) is 23.4. The first kappa shape index (κ1) is 15.7. The average Bonchev–Trinajstić information content (AvgIpc) is 2.92. The number of nitrogens with two attached hydrogens (primary N) is 1. The van der Waals surface area contributed by atoms with Gasteiger partial charge < -0.3 is 16.0 Å². The van der Waals surface area contributed by atoms with Crippen molar-refractivity contribution in [1.29, 1.82) is 0 Å². The van der Waals surface area contributed by atoms with Crippen molar-refractivity contribution in [3.8, 4) is 22.6 Å². The molecule has 0 saturated carbocycles. The monoisotopic (exact) mass is 321 g/mol. The number of aromatic nitrogens is 3. The van der Waals surface area contributed by atoms with E-state index in [1.807, 2.05) is 38.1 Å². The summed E-state index contributed by atoms with van der Waals surface area (Å²) in [5.41, 5.74) is 11.8. The molecule has 3 rings (SSSR count). The Morgan fingerprint density at radius 1 is 1.29 bits per heavy atom. The van der Waals surface area contributed by atoms with Crippen molar-refractivity contribution >= 4 is 17.3 Å². The molecular formula is C18H19N5O. The summed E-state index contributed by atoms with van der Waals surface area (Å²) in [5.74, 6) is 0.589. The third-order valence-corrected chi connectivity index (χ3v) is 3.78. The Hall–Kier alpha value is -3.15. The third-order valence-electron chi connectivity index (χ3n) is 3.78. The van der Waals surface area contributed by atoms with E-state index in [0.29, 0.717) is 11.4 Å². The first-order valence-corrected chi connectivity index (χ1v) is 7.61. The third kappa shape index (κ3) is 2.99. The van der Waals surface area contributed by atoms with Gasteiger partial charge in [-0.25, -0.2) is 4.98 Å². The second-order valence-electron chi connectivity index (χ2n) is 5.74. The van der Waals surface area contributed by atoms with Crippen molar-refractivity contribution in [2.45, 2.75) is 20.8 Å². The van der Waals surface area contributed by atoms with E-state index in [-0.39, 0.29) is 5.91 Å². The van der Waals surface area contributed by atoms with Crippen LogP contribution in [-0.2, 0) is 4.79 Å². The highest BCUT2D eigenvalue weighted by atomic mass is 16.1. The smallest absolute Gasteiger partial charge is 0.221 e. The number of hydrogen-bond donors (Lipinski definition) is 3. The topological polar surface area (TPSA) is 96.7 Å². The molecule has 0 radical (unpaired) electrons. The fourth-order valence-corrected chi connectivity index (χ4v) is 2.65. The van der Waals surface area contributed by atoms with E-state index in [2.05, 4.69) is 15.3 Å². The molecule has 0 bridgehead atoms. The summed E-state index contributed by atoms with van der Waals surface area (Å²) < 4.78 is 0. The van der Waals surface area contributed by atoms with Crippen LogP contribution in [0.15, 0.2) is 36.7 Å². The van der Waals surface area contributed by atoms with Crippen molar-refractivity contribution in [3.05, 3.63) is 47.9 Å². The number of H-pyrrole nitrogens is 1. The largest absolute Gasteiger partial charge is 0.397 e. The maximum absolute atomic E-state index is 11.2. The number of nitrogens with one attached hydrogen (secondary N) is 2. The summed E-state index contributed by atoms with van der Waals surface area (Å²) in [5, 5.41) is 2.73. The second kappa shape index (κ2) is 6.16. The Kier molecular flexibility index (Phi) is 4.04. The molecule has 1 amide bonds. The number of benzene rings is 1. The first-order chi connectivity index (χ1) is 11.5. The summed E-state index contributed by atoms with van der Waals surface area (Å²) >= 11 is 0. The van der Waals surface area contributed by atoms with Gasteiger partial charge in [-0.3, -0.25) is 9.78 Å². The van der Waals surface area contributed by atoms with E-state index >= 15 is 0 Å². The quantitative estimate of drug-likeness (QED) is 0.645. The van der Waals surface area contributed by atoms with Gasteiger partial charge in [0.25, 0.3) is 0 Å². The molecule has 6 nitrogen and oxygen atoms in total. The molecule has 0 aliphatic carbocycles. The van der Waals surface area contributed by atoms with Crippen LogP contribution in [0.1, 0.15) is 18.2 Å². The van der Waals surface area contributed by atoms with Crippen LogP contribution in [0.2, 0.25) is 0 Å². The number of amides is 1. The molecule has 122 valence electrons. The minimum atomic E-state index is -0.151. The number of anilines is 2. The van der Waals surface area contributed by atoms with Crippen LogP contribution >= 0.6 is 0 Å². The molecule has 0 unspecified atom stereocenters. The summed E-state index contributed by atoms with van der Waals surface area (Å²) in [7, 11) is 0. The van der Waals surface area contributed by atoms with Crippen LogP contribution in [0.4, 0.5) is 11.4 Å². The standard InChI is InChI=1S/C18H19N5O/c1-10-7-16(22-12(3)24)15(19)8-14(10)18-21-11(2)17(23-18)13-5-4-6-20-9-13/h4-9H,19H2,1-3H3,(H,21,23)(H,22,24). The van der Waals surface area contributed by atoms with Crippen LogP contribution < -0.4 is 11.1 Å². The second-order valence-corrected chi connectivity index (χ2v) is 5.74. The number of aromatic amines is 1. The van der Waals surface area contributed by atoms with Crippen molar-refractivity contribution in [2.24, 2.45) is 0 Å². The first-order valence-electron chi connectivity index (χ1n) is 7.61. The molecule has 0 saturated heterocycles. The van der Waals surface area contributed by atoms with Crippen LogP contribution in [0.25, 0.3) is 22.6 Å². The van der Waals surface area contributed by atoms with Crippen molar-refractivity contribution < 1.29 is 4.79 Å². The molecule has 0 atom stereocenters. The Balaban J connectivity index is 2.04. The molecule has 1 aromatic carbocycles. The van der Waals surface area contributed by atoms with E-state index in [0.717, 1.165) is 33.9 Å². The fraction of sp³-hybridized carbons (Fsp3) is 0.167. The van der Waals surface area contributed by atoms with Crippen LogP contribution in [0.5, 0.6) is 0 Å². The minimum absolute atomic E-state index is 0.151. The van der Waals surface area contributed by atoms with Gasteiger partial charge in [-0.1, -0.05) is 0 Å². The Labute approximate surface area is 140 Å². The molecule has 0 fully saturated rings. The van der Waals surface area contributed by atoms with Crippen molar-refractivity contribution in [3.63, 3.8) is 0 Å². The molecule has 3 aromatic rings.